The number of nitrogens with one attached hydrogen (secondary N) is 1. The Labute approximate surface area is 114 Å². The van der Waals surface area contributed by atoms with Crippen LogP contribution in [0.15, 0.2) is 12.4 Å². The maximum atomic E-state index is 12.6. The minimum Gasteiger partial charge on any atom is -0.332 e. The SMILES string of the molecule is CCC1CCNC(C(=O)N2CCn3ccnc3C2)C1. The summed E-state index contributed by atoms with van der Waals surface area (Å²) in [5.74, 6) is 1.96. The van der Waals surface area contributed by atoms with Crippen LogP contribution in [-0.4, -0.2) is 39.5 Å². The van der Waals surface area contributed by atoms with E-state index in [1.807, 2.05) is 17.3 Å². The van der Waals surface area contributed by atoms with Crippen LogP contribution in [0.2, 0.25) is 0 Å². The predicted octanol–water partition coefficient (Wildman–Crippen LogP) is 1.00. The molecular weight excluding hydrogens is 240 g/mol. The van der Waals surface area contributed by atoms with Gasteiger partial charge in [-0.15, -0.1) is 0 Å². The van der Waals surface area contributed by atoms with E-state index in [1.54, 1.807) is 0 Å². The highest BCUT2D eigenvalue weighted by Crippen LogP contribution is 2.21. The molecule has 1 fully saturated rings. The zero-order valence-electron chi connectivity index (χ0n) is 11.5. The molecule has 1 N–H and O–H groups in total. The quantitative estimate of drug-likeness (QED) is 0.865. The van der Waals surface area contributed by atoms with Crippen LogP contribution >= 0.6 is 0 Å². The molecule has 0 aromatic carbocycles. The van der Waals surface area contributed by atoms with Crippen LogP contribution in [-0.2, 0) is 17.9 Å². The number of carbonyl (C=O) groups excluding carboxylic acids is 1. The number of piperidine rings is 1. The van der Waals surface area contributed by atoms with Gasteiger partial charge in [0.15, 0.2) is 0 Å². The van der Waals surface area contributed by atoms with E-state index in [2.05, 4.69) is 21.8 Å². The first-order chi connectivity index (χ1) is 9.28. The van der Waals surface area contributed by atoms with E-state index in [-0.39, 0.29) is 11.9 Å². The van der Waals surface area contributed by atoms with Crippen LogP contribution in [0.5, 0.6) is 0 Å². The van der Waals surface area contributed by atoms with Gasteiger partial charge in [0, 0.05) is 25.5 Å². The molecule has 5 heteroatoms. The van der Waals surface area contributed by atoms with Crippen molar-refractivity contribution in [2.75, 3.05) is 13.1 Å². The van der Waals surface area contributed by atoms with E-state index in [9.17, 15) is 4.79 Å². The number of aromatic nitrogens is 2. The number of rotatable bonds is 2. The molecule has 1 aromatic rings. The molecule has 2 aliphatic heterocycles. The second kappa shape index (κ2) is 5.33. The Morgan fingerprint density at radius 2 is 2.42 bits per heavy atom. The van der Waals surface area contributed by atoms with Crippen LogP contribution in [0.25, 0.3) is 0 Å². The largest absolute Gasteiger partial charge is 0.332 e. The molecule has 1 amide bonds. The number of imidazole rings is 1. The highest BCUT2D eigenvalue weighted by Gasteiger charge is 2.31. The molecule has 0 aliphatic carbocycles. The van der Waals surface area contributed by atoms with Gasteiger partial charge in [0.1, 0.15) is 5.82 Å². The Morgan fingerprint density at radius 1 is 1.53 bits per heavy atom. The van der Waals surface area contributed by atoms with Gasteiger partial charge in [0.05, 0.1) is 12.6 Å². The van der Waals surface area contributed by atoms with Crippen molar-refractivity contribution in [3.63, 3.8) is 0 Å². The summed E-state index contributed by atoms with van der Waals surface area (Å²) in [6, 6.07) is 0.0141. The third-order valence-corrected chi connectivity index (χ3v) is 4.44. The fraction of sp³-hybridized carbons (Fsp3) is 0.714. The van der Waals surface area contributed by atoms with E-state index in [0.29, 0.717) is 12.5 Å². The lowest BCUT2D eigenvalue weighted by Crippen LogP contribution is -2.51. The molecule has 19 heavy (non-hydrogen) atoms. The lowest BCUT2D eigenvalue weighted by molar-refractivity contribution is -0.136. The number of nitrogens with zero attached hydrogens (tertiary/aromatic N) is 3. The van der Waals surface area contributed by atoms with Crippen molar-refractivity contribution in [2.45, 2.75) is 45.3 Å². The van der Waals surface area contributed by atoms with Gasteiger partial charge in [-0.2, -0.15) is 0 Å². The van der Waals surface area contributed by atoms with Crippen molar-refractivity contribution in [3.05, 3.63) is 18.2 Å². The third kappa shape index (κ3) is 2.52. The number of amides is 1. The van der Waals surface area contributed by atoms with Gasteiger partial charge in [-0.1, -0.05) is 13.3 Å². The van der Waals surface area contributed by atoms with Gasteiger partial charge in [-0.25, -0.2) is 4.98 Å². The van der Waals surface area contributed by atoms with Gasteiger partial charge < -0.3 is 14.8 Å². The standard InChI is InChI=1S/C14H22N4O/c1-2-11-3-4-15-12(9-11)14(19)18-8-7-17-6-5-16-13(17)10-18/h5-6,11-12,15H,2-4,7-10H2,1H3. The summed E-state index contributed by atoms with van der Waals surface area (Å²) in [5, 5.41) is 3.38. The molecule has 3 rings (SSSR count). The van der Waals surface area contributed by atoms with Gasteiger partial charge in [-0.05, 0) is 25.3 Å². The molecule has 3 heterocycles. The van der Waals surface area contributed by atoms with Crippen LogP contribution in [0.4, 0.5) is 0 Å². The molecule has 1 aromatic heterocycles. The van der Waals surface area contributed by atoms with Crippen molar-refractivity contribution in [3.8, 4) is 0 Å². The zero-order chi connectivity index (χ0) is 13.2. The Morgan fingerprint density at radius 3 is 3.26 bits per heavy atom. The molecule has 2 aliphatic rings. The molecule has 5 nitrogen and oxygen atoms in total. The normalized spacial score (nSPS) is 27.1. The fourth-order valence-corrected chi connectivity index (χ4v) is 3.14. The van der Waals surface area contributed by atoms with Gasteiger partial charge >= 0.3 is 0 Å². The van der Waals surface area contributed by atoms with E-state index >= 15 is 0 Å². The molecule has 0 spiro atoms. The second-order valence-electron chi connectivity index (χ2n) is 5.60. The highest BCUT2D eigenvalue weighted by atomic mass is 16.2. The smallest absolute Gasteiger partial charge is 0.240 e. The maximum Gasteiger partial charge on any atom is 0.240 e. The Bertz CT molecular complexity index is 456. The molecule has 0 saturated carbocycles. The molecule has 0 bridgehead atoms. The minimum atomic E-state index is 0.0141. The summed E-state index contributed by atoms with van der Waals surface area (Å²) >= 11 is 0. The first kappa shape index (κ1) is 12.7. The highest BCUT2D eigenvalue weighted by molar-refractivity contribution is 5.82. The lowest BCUT2D eigenvalue weighted by atomic mass is 9.90. The van der Waals surface area contributed by atoms with E-state index in [1.165, 1.54) is 12.8 Å². The monoisotopic (exact) mass is 262 g/mol. The van der Waals surface area contributed by atoms with Crippen molar-refractivity contribution in [1.29, 1.82) is 0 Å². The summed E-state index contributed by atoms with van der Waals surface area (Å²) in [4.78, 5) is 18.8. The van der Waals surface area contributed by atoms with Crippen LogP contribution in [0.3, 0.4) is 0 Å². The topological polar surface area (TPSA) is 50.2 Å². The summed E-state index contributed by atoms with van der Waals surface area (Å²) in [6.45, 7) is 5.51. The van der Waals surface area contributed by atoms with Crippen LogP contribution in [0.1, 0.15) is 32.0 Å². The average Bonchev–Trinajstić information content (AvgIpc) is 2.94. The van der Waals surface area contributed by atoms with E-state index in [4.69, 9.17) is 0 Å². The number of carbonyl (C=O) groups is 1. The van der Waals surface area contributed by atoms with Crippen LogP contribution < -0.4 is 5.32 Å². The number of fused-ring (bicyclic) bond motifs is 1. The molecule has 2 unspecified atom stereocenters. The summed E-state index contributed by atoms with van der Waals surface area (Å²) in [5.41, 5.74) is 0. The lowest BCUT2D eigenvalue weighted by Gasteiger charge is -2.35. The van der Waals surface area contributed by atoms with Crippen molar-refractivity contribution >= 4 is 5.91 Å². The maximum absolute atomic E-state index is 12.6. The van der Waals surface area contributed by atoms with Crippen molar-refractivity contribution in [2.24, 2.45) is 5.92 Å². The number of hydrogen-bond acceptors (Lipinski definition) is 3. The molecule has 2 atom stereocenters. The van der Waals surface area contributed by atoms with Crippen LogP contribution in [0, 0.1) is 5.92 Å². The summed E-state index contributed by atoms with van der Waals surface area (Å²) in [6.07, 6.45) is 7.17. The van der Waals surface area contributed by atoms with E-state index < -0.39 is 0 Å². The Kier molecular flexibility index (Phi) is 3.55. The summed E-state index contributed by atoms with van der Waals surface area (Å²) in [7, 11) is 0. The molecule has 0 radical (unpaired) electrons. The van der Waals surface area contributed by atoms with Gasteiger partial charge in [-0.3, -0.25) is 4.79 Å². The first-order valence-corrected chi connectivity index (χ1v) is 7.30. The predicted molar refractivity (Wildman–Crippen MR) is 72.4 cm³/mol. The minimum absolute atomic E-state index is 0.0141. The zero-order valence-corrected chi connectivity index (χ0v) is 11.5. The first-order valence-electron chi connectivity index (χ1n) is 7.30. The molecule has 104 valence electrons. The van der Waals surface area contributed by atoms with Crippen molar-refractivity contribution < 1.29 is 4.79 Å². The second-order valence-corrected chi connectivity index (χ2v) is 5.60. The van der Waals surface area contributed by atoms with Gasteiger partial charge in [0.25, 0.3) is 0 Å². The van der Waals surface area contributed by atoms with E-state index in [0.717, 1.165) is 31.9 Å². The molecular formula is C14H22N4O. The van der Waals surface area contributed by atoms with Gasteiger partial charge in [0.2, 0.25) is 5.91 Å². The summed E-state index contributed by atoms with van der Waals surface area (Å²) < 4.78 is 2.13. The Balaban J connectivity index is 1.65. The fourth-order valence-electron chi connectivity index (χ4n) is 3.14. The third-order valence-electron chi connectivity index (χ3n) is 4.44. The molecule has 1 saturated heterocycles. The van der Waals surface area contributed by atoms with Crippen molar-refractivity contribution in [1.82, 2.24) is 19.8 Å². The average molecular weight is 262 g/mol. The Hall–Kier alpha value is -1.36. The number of hydrogen-bond donors (Lipinski definition) is 1.